The zero-order chi connectivity index (χ0) is 29.4. The molecule has 12 nitrogen and oxygen atoms in total. The lowest BCUT2D eigenvalue weighted by atomic mass is 9.81. The van der Waals surface area contributed by atoms with Crippen molar-refractivity contribution in [3.8, 4) is 5.82 Å². The number of aryl methyl sites for hydroxylation is 2. The Hall–Kier alpha value is -4.39. The fourth-order valence-corrected chi connectivity index (χ4v) is 6.14. The van der Waals surface area contributed by atoms with E-state index in [9.17, 15) is 9.18 Å². The molecule has 0 aliphatic carbocycles. The quantitative estimate of drug-likeness (QED) is 0.342. The number of anilines is 3. The number of aromatic nitrogens is 7. The van der Waals surface area contributed by atoms with Crippen molar-refractivity contribution in [2.45, 2.75) is 52.1 Å². The van der Waals surface area contributed by atoms with Gasteiger partial charge >= 0.3 is 0 Å². The van der Waals surface area contributed by atoms with E-state index >= 15 is 0 Å². The molecule has 4 aromatic rings. The fourth-order valence-electron chi connectivity index (χ4n) is 6.14. The van der Waals surface area contributed by atoms with Gasteiger partial charge in [-0.05, 0) is 51.8 Å². The molecule has 13 heteroatoms. The largest absolute Gasteiger partial charge is 0.341 e. The number of hydrogen-bond acceptors (Lipinski definition) is 9. The van der Waals surface area contributed by atoms with Crippen LogP contribution in [-0.4, -0.2) is 88.9 Å². The maximum atomic E-state index is 14.3. The molecule has 2 fully saturated rings. The van der Waals surface area contributed by atoms with Crippen molar-refractivity contribution in [1.82, 2.24) is 44.7 Å². The van der Waals surface area contributed by atoms with E-state index in [0.29, 0.717) is 55.9 Å². The standard InChI is InChI=1S/C29H36FN11O/c1-5-39-12-13-40(21(4)22-6-7-26(31-16-22)41-18-23(30)17-32-41)27(42)29(39)8-10-38(11-9-29)28-33-19(2)14-24(35-28)34-25-15-20(3)36-37-25/h6-7,14-18,21H,5,8-13H2,1-4H3,(H2,33,34,35,36,37). The third-order valence-electron chi connectivity index (χ3n) is 8.44. The van der Waals surface area contributed by atoms with Crippen molar-refractivity contribution in [1.29, 1.82) is 0 Å². The number of carbonyl (C=O) groups excluding carboxylic acids is 1. The molecule has 1 atom stereocenters. The Morgan fingerprint density at radius 1 is 1.07 bits per heavy atom. The number of pyridine rings is 1. The number of H-pyrrole nitrogens is 1. The van der Waals surface area contributed by atoms with Crippen LogP contribution in [-0.2, 0) is 4.79 Å². The van der Waals surface area contributed by atoms with E-state index in [2.05, 4.69) is 42.3 Å². The van der Waals surface area contributed by atoms with Crippen molar-refractivity contribution in [3.63, 3.8) is 0 Å². The highest BCUT2D eigenvalue weighted by atomic mass is 19.1. The Morgan fingerprint density at radius 2 is 1.88 bits per heavy atom. The zero-order valence-electron chi connectivity index (χ0n) is 24.4. The second kappa shape index (κ2) is 11.1. The minimum absolute atomic E-state index is 0.151. The molecular weight excluding hydrogens is 537 g/mol. The van der Waals surface area contributed by atoms with Crippen LogP contribution in [0.15, 0.2) is 42.9 Å². The minimum Gasteiger partial charge on any atom is -0.341 e. The summed E-state index contributed by atoms with van der Waals surface area (Å²) in [4.78, 5) is 34.7. The van der Waals surface area contributed by atoms with Crippen molar-refractivity contribution in [2.24, 2.45) is 0 Å². The maximum Gasteiger partial charge on any atom is 0.243 e. The van der Waals surface area contributed by atoms with Crippen LogP contribution >= 0.6 is 0 Å². The summed E-state index contributed by atoms with van der Waals surface area (Å²) in [5, 5.41) is 14.4. The van der Waals surface area contributed by atoms with E-state index < -0.39 is 11.4 Å². The second-order valence-corrected chi connectivity index (χ2v) is 11.1. The lowest BCUT2D eigenvalue weighted by molar-refractivity contribution is -0.156. The van der Waals surface area contributed by atoms with E-state index in [1.54, 1.807) is 12.3 Å². The molecule has 0 radical (unpaired) electrons. The van der Waals surface area contributed by atoms with Crippen LogP contribution in [0.1, 0.15) is 49.7 Å². The average Bonchev–Trinajstić information content (AvgIpc) is 3.61. The molecule has 2 aliphatic rings. The molecule has 220 valence electrons. The van der Waals surface area contributed by atoms with E-state index in [-0.39, 0.29) is 11.9 Å². The Balaban J connectivity index is 1.17. The number of nitrogens with zero attached hydrogens (tertiary/aromatic N) is 9. The molecule has 1 spiro atoms. The molecule has 1 amide bonds. The lowest BCUT2D eigenvalue weighted by Gasteiger charge is -2.53. The predicted molar refractivity (Wildman–Crippen MR) is 156 cm³/mol. The molecule has 6 rings (SSSR count). The number of piperazine rings is 1. The first-order valence-corrected chi connectivity index (χ1v) is 14.4. The van der Waals surface area contributed by atoms with Gasteiger partial charge in [-0.2, -0.15) is 15.2 Å². The second-order valence-electron chi connectivity index (χ2n) is 11.1. The first-order valence-electron chi connectivity index (χ1n) is 14.4. The third-order valence-corrected chi connectivity index (χ3v) is 8.44. The molecule has 2 saturated heterocycles. The number of nitrogens with one attached hydrogen (secondary N) is 2. The topological polar surface area (TPSA) is 124 Å². The fraction of sp³-hybridized carbons (Fsp3) is 0.448. The van der Waals surface area contributed by atoms with Crippen LogP contribution in [0.25, 0.3) is 5.82 Å². The van der Waals surface area contributed by atoms with Crippen LogP contribution < -0.4 is 10.2 Å². The summed E-state index contributed by atoms with van der Waals surface area (Å²) in [6.45, 7) is 11.7. The van der Waals surface area contributed by atoms with Gasteiger partial charge in [0, 0.05) is 55.9 Å². The summed E-state index contributed by atoms with van der Waals surface area (Å²) in [7, 11) is 0. The Kier molecular flexibility index (Phi) is 7.35. The predicted octanol–water partition coefficient (Wildman–Crippen LogP) is 3.54. The summed E-state index contributed by atoms with van der Waals surface area (Å²) in [6.07, 6.45) is 5.55. The van der Waals surface area contributed by atoms with Crippen LogP contribution in [0, 0.1) is 19.7 Å². The van der Waals surface area contributed by atoms with Crippen LogP contribution in [0.3, 0.4) is 0 Å². The normalized spacial score (nSPS) is 18.1. The number of halogens is 1. The lowest BCUT2D eigenvalue weighted by Crippen LogP contribution is -2.69. The summed E-state index contributed by atoms with van der Waals surface area (Å²) in [6, 6.07) is 7.41. The van der Waals surface area contributed by atoms with Gasteiger partial charge in [0.05, 0.1) is 18.4 Å². The van der Waals surface area contributed by atoms with E-state index in [1.807, 2.05) is 43.9 Å². The number of amides is 1. The number of hydrogen-bond donors (Lipinski definition) is 2. The van der Waals surface area contributed by atoms with E-state index in [4.69, 9.17) is 9.97 Å². The molecule has 42 heavy (non-hydrogen) atoms. The number of rotatable bonds is 7. The Labute approximate surface area is 244 Å². The zero-order valence-corrected chi connectivity index (χ0v) is 24.4. The SMILES string of the molecule is CCN1CCN(C(C)c2ccc(-n3cc(F)cn3)nc2)C(=O)C12CCN(c1nc(C)cc(Nc3cc(C)[nH]n3)n1)CC2. The van der Waals surface area contributed by atoms with Crippen LogP contribution in [0.5, 0.6) is 0 Å². The van der Waals surface area contributed by atoms with Gasteiger partial charge in [-0.1, -0.05) is 13.0 Å². The van der Waals surface area contributed by atoms with Crippen molar-refractivity contribution < 1.29 is 9.18 Å². The molecule has 0 aromatic carbocycles. The Morgan fingerprint density at radius 3 is 2.52 bits per heavy atom. The first kappa shape index (κ1) is 27.8. The van der Waals surface area contributed by atoms with Crippen molar-refractivity contribution in [2.75, 3.05) is 42.9 Å². The Bertz CT molecular complexity index is 1560. The van der Waals surface area contributed by atoms with Gasteiger partial charge in [-0.25, -0.2) is 19.0 Å². The van der Waals surface area contributed by atoms with Crippen LogP contribution in [0.2, 0.25) is 0 Å². The molecule has 0 bridgehead atoms. The molecule has 1 unspecified atom stereocenters. The summed E-state index contributed by atoms with van der Waals surface area (Å²) in [5.74, 6) is 2.30. The minimum atomic E-state index is -0.574. The summed E-state index contributed by atoms with van der Waals surface area (Å²) >= 11 is 0. The molecule has 2 N–H and O–H groups in total. The summed E-state index contributed by atoms with van der Waals surface area (Å²) < 4.78 is 14.8. The molecule has 2 aliphatic heterocycles. The third kappa shape index (κ3) is 5.20. The average molecular weight is 574 g/mol. The van der Waals surface area contributed by atoms with Gasteiger partial charge < -0.3 is 15.1 Å². The van der Waals surface area contributed by atoms with Gasteiger partial charge in [0.15, 0.2) is 17.5 Å². The molecule has 0 saturated carbocycles. The van der Waals surface area contributed by atoms with Gasteiger partial charge in [0.2, 0.25) is 11.9 Å². The highest BCUT2D eigenvalue weighted by Crippen LogP contribution is 2.37. The van der Waals surface area contributed by atoms with Crippen molar-refractivity contribution in [3.05, 3.63) is 65.6 Å². The first-order chi connectivity index (χ1) is 20.3. The van der Waals surface area contributed by atoms with Crippen LogP contribution in [0.4, 0.5) is 22.0 Å². The van der Waals surface area contributed by atoms with E-state index in [1.165, 1.54) is 10.9 Å². The van der Waals surface area contributed by atoms with E-state index in [0.717, 1.165) is 36.2 Å². The highest BCUT2D eigenvalue weighted by molar-refractivity contribution is 5.88. The number of carbonyl (C=O) groups is 1. The van der Waals surface area contributed by atoms with Crippen molar-refractivity contribution >= 4 is 23.5 Å². The molecule has 6 heterocycles. The number of aromatic amines is 1. The smallest absolute Gasteiger partial charge is 0.243 e. The monoisotopic (exact) mass is 573 g/mol. The molecule has 4 aromatic heterocycles. The van der Waals surface area contributed by atoms with Gasteiger partial charge in [-0.3, -0.25) is 14.8 Å². The summed E-state index contributed by atoms with van der Waals surface area (Å²) in [5.41, 5.74) is 2.17. The maximum absolute atomic E-state index is 14.3. The molecular formula is C29H36FN11O. The highest BCUT2D eigenvalue weighted by Gasteiger charge is 2.51. The number of likely N-dealkylation sites (N-methyl/N-ethyl adjacent to an activating group) is 1. The van der Waals surface area contributed by atoms with Gasteiger partial charge in [0.1, 0.15) is 11.4 Å². The van der Waals surface area contributed by atoms with Gasteiger partial charge in [-0.15, -0.1) is 0 Å². The van der Waals surface area contributed by atoms with Gasteiger partial charge in [0.25, 0.3) is 0 Å². The number of piperidine rings is 1.